The number of para-hydroxylation sites is 1. The lowest BCUT2D eigenvalue weighted by Crippen LogP contribution is -2.28. The van der Waals surface area contributed by atoms with Gasteiger partial charge in [0.1, 0.15) is 0 Å². The highest BCUT2D eigenvalue weighted by atomic mass is 16.1. The zero-order chi connectivity index (χ0) is 24.1. The van der Waals surface area contributed by atoms with E-state index in [9.17, 15) is 4.79 Å². The number of anilines is 1. The average Bonchev–Trinajstić information content (AvgIpc) is 2.84. The Balaban J connectivity index is 1.49. The second kappa shape index (κ2) is 10.7. The highest BCUT2D eigenvalue weighted by Crippen LogP contribution is 2.33. The van der Waals surface area contributed by atoms with Gasteiger partial charge >= 0.3 is 0 Å². The van der Waals surface area contributed by atoms with Crippen LogP contribution in [0.1, 0.15) is 56.2 Å². The van der Waals surface area contributed by atoms with Crippen molar-refractivity contribution in [3.8, 4) is 11.1 Å². The van der Waals surface area contributed by atoms with Crippen molar-refractivity contribution in [2.75, 3.05) is 11.9 Å². The first-order valence-corrected chi connectivity index (χ1v) is 12.1. The van der Waals surface area contributed by atoms with Gasteiger partial charge in [0.15, 0.2) is 0 Å². The summed E-state index contributed by atoms with van der Waals surface area (Å²) in [6.07, 6.45) is 0. The van der Waals surface area contributed by atoms with Gasteiger partial charge in [-0.25, -0.2) is 0 Å². The maximum absolute atomic E-state index is 12.9. The van der Waals surface area contributed by atoms with Crippen molar-refractivity contribution in [1.29, 1.82) is 0 Å². The van der Waals surface area contributed by atoms with E-state index in [-0.39, 0.29) is 12.5 Å². The Morgan fingerprint density at radius 1 is 0.706 bits per heavy atom. The summed E-state index contributed by atoms with van der Waals surface area (Å²) < 4.78 is 0. The third kappa shape index (κ3) is 5.21. The minimum Gasteiger partial charge on any atom is -0.324 e. The summed E-state index contributed by atoms with van der Waals surface area (Å²) in [5.74, 6) is 0.668. The van der Waals surface area contributed by atoms with E-state index in [0.717, 1.165) is 5.69 Å². The quantitative estimate of drug-likeness (QED) is 0.292. The fourth-order valence-corrected chi connectivity index (χ4v) is 4.59. The van der Waals surface area contributed by atoms with Crippen LogP contribution in [0.5, 0.6) is 0 Å². The van der Waals surface area contributed by atoms with E-state index in [0.29, 0.717) is 18.4 Å². The molecule has 0 saturated heterocycles. The van der Waals surface area contributed by atoms with Crippen molar-refractivity contribution >= 4 is 22.4 Å². The fourth-order valence-electron chi connectivity index (χ4n) is 4.59. The molecule has 0 aliphatic carbocycles. The number of carbonyl (C=O) groups excluding carboxylic acids is 1. The van der Waals surface area contributed by atoms with E-state index >= 15 is 0 Å². The summed E-state index contributed by atoms with van der Waals surface area (Å²) >= 11 is 0. The summed E-state index contributed by atoms with van der Waals surface area (Å²) in [5.41, 5.74) is 6.92. The molecule has 0 aliphatic heterocycles. The predicted octanol–water partition coefficient (Wildman–Crippen LogP) is 7.48. The Labute approximate surface area is 203 Å². The fraction of sp³-hybridized carbons (Fsp3) is 0.258. The number of carbonyl (C=O) groups is 1. The van der Waals surface area contributed by atoms with Crippen molar-refractivity contribution in [3.05, 3.63) is 102 Å². The second-order valence-corrected chi connectivity index (χ2v) is 9.46. The first-order valence-electron chi connectivity index (χ1n) is 12.1. The van der Waals surface area contributed by atoms with Crippen molar-refractivity contribution < 1.29 is 4.79 Å². The zero-order valence-electron chi connectivity index (χ0n) is 20.6. The Bertz CT molecular complexity index is 1260. The molecule has 0 bridgehead atoms. The lowest BCUT2D eigenvalue weighted by Gasteiger charge is -2.20. The van der Waals surface area contributed by atoms with Crippen LogP contribution in [0.4, 0.5) is 5.69 Å². The minimum atomic E-state index is -0.0161. The highest BCUT2D eigenvalue weighted by Gasteiger charge is 2.16. The Morgan fingerprint density at radius 2 is 1.29 bits per heavy atom. The van der Waals surface area contributed by atoms with Gasteiger partial charge in [0.05, 0.1) is 6.54 Å². The average molecular weight is 451 g/mol. The number of rotatable bonds is 8. The van der Waals surface area contributed by atoms with Crippen molar-refractivity contribution in [3.63, 3.8) is 0 Å². The number of benzene rings is 4. The summed E-state index contributed by atoms with van der Waals surface area (Å²) in [7, 11) is 0. The molecule has 0 unspecified atom stereocenters. The van der Waals surface area contributed by atoms with Crippen LogP contribution in [0.2, 0.25) is 0 Å². The van der Waals surface area contributed by atoms with E-state index in [1.54, 1.807) is 0 Å². The molecule has 0 aliphatic rings. The molecule has 4 aromatic rings. The molecule has 1 amide bonds. The maximum Gasteiger partial charge on any atom is 0.238 e. The second-order valence-electron chi connectivity index (χ2n) is 9.46. The van der Waals surface area contributed by atoms with Gasteiger partial charge in [0, 0.05) is 12.2 Å². The molecular weight excluding hydrogens is 416 g/mol. The molecule has 4 aromatic carbocycles. The van der Waals surface area contributed by atoms with Gasteiger partial charge in [-0.3, -0.25) is 4.79 Å². The largest absolute Gasteiger partial charge is 0.324 e. The van der Waals surface area contributed by atoms with Crippen LogP contribution in [-0.4, -0.2) is 12.5 Å². The van der Waals surface area contributed by atoms with Crippen molar-refractivity contribution in [2.45, 2.75) is 46.1 Å². The predicted molar refractivity (Wildman–Crippen MR) is 144 cm³/mol. The van der Waals surface area contributed by atoms with Gasteiger partial charge in [-0.1, -0.05) is 113 Å². The summed E-state index contributed by atoms with van der Waals surface area (Å²) in [6.45, 7) is 9.54. The smallest absolute Gasteiger partial charge is 0.238 e. The van der Waals surface area contributed by atoms with Crippen molar-refractivity contribution in [1.82, 2.24) is 5.32 Å². The molecule has 2 N–H and O–H groups in total. The molecule has 0 aromatic heterocycles. The van der Waals surface area contributed by atoms with Gasteiger partial charge in [0.2, 0.25) is 5.91 Å². The number of amides is 1. The Hall–Kier alpha value is -3.43. The van der Waals surface area contributed by atoms with E-state index in [4.69, 9.17) is 0 Å². The molecule has 34 heavy (non-hydrogen) atoms. The van der Waals surface area contributed by atoms with Crippen LogP contribution < -0.4 is 10.6 Å². The Kier molecular flexibility index (Phi) is 7.44. The van der Waals surface area contributed by atoms with Gasteiger partial charge in [-0.2, -0.15) is 0 Å². The van der Waals surface area contributed by atoms with Crippen LogP contribution in [0.25, 0.3) is 21.9 Å². The topological polar surface area (TPSA) is 41.1 Å². The van der Waals surface area contributed by atoms with Gasteiger partial charge < -0.3 is 10.6 Å². The van der Waals surface area contributed by atoms with Gasteiger partial charge in [-0.15, -0.1) is 0 Å². The van der Waals surface area contributed by atoms with Crippen LogP contribution in [0.15, 0.2) is 84.9 Å². The minimum absolute atomic E-state index is 0.0161. The third-order valence-corrected chi connectivity index (χ3v) is 6.34. The third-order valence-electron chi connectivity index (χ3n) is 6.34. The standard InChI is InChI=1S/C31H34N2O/c1-21(2)25-16-10-17-26(22(3)4)31(25)33-30(34)20-32-19-24-12-6-8-15-28(24)29-18-9-13-23-11-5-7-14-27(23)29/h5-18,21-22,32H,19-20H2,1-4H3,(H,33,34). The summed E-state index contributed by atoms with van der Waals surface area (Å²) in [4.78, 5) is 12.9. The van der Waals surface area contributed by atoms with E-state index < -0.39 is 0 Å². The van der Waals surface area contributed by atoms with E-state index in [1.165, 1.54) is 38.6 Å². The number of hydrogen-bond acceptors (Lipinski definition) is 2. The maximum atomic E-state index is 12.9. The van der Waals surface area contributed by atoms with Crippen LogP contribution in [0.3, 0.4) is 0 Å². The SMILES string of the molecule is CC(C)c1cccc(C(C)C)c1NC(=O)CNCc1ccccc1-c1cccc2ccccc12. The molecule has 4 rings (SSSR count). The van der Waals surface area contributed by atoms with Gasteiger partial charge in [0.25, 0.3) is 0 Å². The Morgan fingerprint density at radius 3 is 2.03 bits per heavy atom. The monoisotopic (exact) mass is 450 g/mol. The number of nitrogens with one attached hydrogen (secondary N) is 2. The molecule has 0 saturated carbocycles. The molecule has 0 atom stereocenters. The molecule has 174 valence electrons. The highest BCUT2D eigenvalue weighted by molar-refractivity contribution is 5.97. The lowest BCUT2D eigenvalue weighted by molar-refractivity contribution is -0.115. The normalized spacial score (nSPS) is 11.4. The van der Waals surface area contributed by atoms with Crippen LogP contribution in [0, 0.1) is 0 Å². The molecule has 0 spiro atoms. The van der Waals surface area contributed by atoms with Gasteiger partial charge in [-0.05, 0) is 50.4 Å². The van der Waals surface area contributed by atoms with Crippen LogP contribution in [-0.2, 0) is 11.3 Å². The summed E-state index contributed by atoms with van der Waals surface area (Å²) in [5, 5.41) is 9.03. The molecule has 3 heteroatoms. The van der Waals surface area contributed by atoms with E-state index in [2.05, 4.69) is 123 Å². The van der Waals surface area contributed by atoms with Crippen molar-refractivity contribution in [2.24, 2.45) is 0 Å². The first-order chi connectivity index (χ1) is 16.5. The molecule has 0 heterocycles. The molecule has 0 radical (unpaired) electrons. The van der Waals surface area contributed by atoms with E-state index in [1.807, 2.05) is 0 Å². The number of hydrogen-bond donors (Lipinski definition) is 2. The zero-order valence-corrected chi connectivity index (χ0v) is 20.6. The lowest BCUT2D eigenvalue weighted by atomic mass is 9.92. The van der Waals surface area contributed by atoms with Crippen LogP contribution >= 0.6 is 0 Å². The summed E-state index contributed by atoms with van der Waals surface area (Å²) in [6, 6.07) is 29.6. The molecule has 0 fully saturated rings. The molecule has 3 nitrogen and oxygen atoms in total. The first kappa shape index (κ1) is 23.7. The number of fused-ring (bicyclic) bond motifs is 1. The molecular formula is C31H34N2O.